The molecule has 3 amide bonds. The summed E-state index contributed by atoms with van der Waals surface area (Å²) in [6, 6.07) is 4.51. The van der Waals surface area contributed by atoms with Gasteiger partial charge in [-0.05, 0) is 95.4 Å². The number of phosphoric acid groups is 1. The first-order valence-corrected chi connectivity index (χ1v) is 25.7. The topological polar surface area (TPSA) is 337 Å². The Bertz CT molecular complexity index is 2780. The van der Waals surface area contributed by atoms with Gasteiger partial charge in [-0.2, -0.15) is 0 Å². The molecular formula is C46H54N3O21PS. The van der Waals surface area contributed by atoms with Crippen LogP contribution in [0.25, 0.3) is 17.2 Å². The van der Waals surface area contributed by atoms with Crippen molar-refractivity contribution in [2.24, 2.45) is 5.92 Å². The number of benzene rings is 2. The highest BCUT2D eigenvalue weighted by molar-refractivity contribution is 7.99. The minimum atomic E-state index is -4.64. The molecule has 8 aliphatic rings. The van der Waals surface area contributed by atoms with Gasteiger partial charge in [-0.15, -0.1) is 11.8 Å². The number of hydrogen-bond acceptors (Lipinski definition) is 22. The number of amides is 3. The number of carbonyl (C=O) groups excluding carboxylic acids is 4. The number of esters is 1. The summed E-state index contributed by atoms with van der Waals surface area (Å²) in [5.74, 6) is -2.65. The van der Waals surface area contributed by atoms with Crippen LogP contribution >= 0.6 is 19.6 Å². The van der Waals surface area contributed by atoms with Crippen LogP contribution in [0.3, 0.4) is 0 Å². The number of nitrogens with one attached hydrogen (secondary N) is 2. The number of ether oxygens (including phenoxy) is 7. The van der Waals surface area contributed by atoms with Gasteiger partial charge in [0.25, 0.3) is 0 Å². The number of urea groups is 1. The van der Waals surface area contributed by atoms with Crippen molar-refractivity contribution >= 4 is 60.9 Å². The summed E-state index contributed by atoms with van der Waals surface area (Å²) >= 11 is 1.16. The number of phosphoric ester groups is 1. The van der Waals surface area contributed by atoms with Gasteiger partial charge >= 0.3 is 26.0 Å². The van der Waals surface area contributed by atoms with Crippen molar-refractivity contribution in [3.63, 3.8) is 0 Å². The van der Waals surface area contributed by atoms with E-state index in [1.807, 2.05) is 6.92 Å². The van der Waals surface area contributed by atoms with Crippen molar-refractivity contribution in [2.45, 2.75) is 111 Å². The fraction of sp³-hybridized carbons (Fsp3) is 0.565. The second-order valence-electron chi connectivity index (χ2n) is 18.7. The van der Waals surface area contributed by atoms with E-state index in [1.54, 1.807) is 30.3 Å². The number of aryl methyl sites for hydroxylation is 1. The standard InChI is InChI=1S/C46H54N3O21PS/c1-17-9-19(62-4)10-22-20(17)5-6-28(52)31(22)42(56)67-37-35(68-43-32(47-3)34(54)33(53)18(2)64-43)23-11-21-25(13-46(59,30-16-63-45(58)66-30)27(21)12-24(23)39(37)72-8-7-50)26-14-49(44(57)48-40(26)55)41-38-36(29(15-51)65-41)69-71(60,61)70-38/h5,9-13,18,26,28-30,32-39,41,43,47,50-54,59H,6-8,14-16H2,1-4H3,(H,60,61)(H,48,55,57)/t18-,26?,28?,29-,30?,32-,33+,34-,35-,36-,37+,38-,39+,41-,43-,46-/m1/s1. The van der Waals surface area contributed by atoms with Crippen LogP contribution in [0.4, 0.5) is 9.59 Å². The largest absolute Gasteiger partial charge is 0.508 e. The van der Waals surface area contributed by atoms with E-state index in [9.17, 15) is 59.3 Å². The molecule has 0 saturated carbocycles. The quantitative estimate of drug-likeness (QED) is 0.0781. The van der Waals surface area contributed by atoms with E-state index in [0.29, 0.717) is 27.3 Å². The summed E-state index contributed by atoms with van der Waals surface area (Å²) in [5, 5.41) is 72.1. The molecule has 0 spiro atoms. The van der Waals surface area contributed by atoms with Crippen LogP contribution in [0.5, 0.6) is 5.75 Å². The number of fused-ring (bicyclic) bond motifs is 4. The molecule has 390 valence electrons. The zero-order chi connectivity index (χ0) is 51.3. The van der Waals surface area contributed by atoms with Crippen LogP contribution in [-0.4, -0.2) is 184 Å². The highest BCUT2D eigenvalue weighted by Crippen LogP contribution is 2.58. The number of imide groups is 1. The number of hydrogen-bond donors (Lipinski definition) is 9. The normalized spacial score (nSPS) is 38.8. The Morgan fingerprint density at radius 2 is 1.82 bits per heavy atom. The second-order valence-corrected chi connectivity index (χ2v) is 21.3. The van der Waals surface area contributed by atoms with Crippen LogP contribution in [0.2, 0.25) is 0 Å². The molecule has 24 nitrogen and oxygen atoms in total. The fourth-order valence-corrected chi connectivity index (χ4v) is 13.3. The third kappa shape index (κ3) is 8.54. The van der Waals surface area contributed by atoms with E-state index < -0.39 is 148 Å². The van der Waals surface area contributed by atoms with E-state index in [-0.39, 0.29) is 41.1 Å². The van der Waals surface area contributed by atoms with Gasteiger partial charge in [-0.3, -0.25) is 24.1 Å². The van der Waals surface area contributed by atoms with E-state index >= 15 is 0 Å². The zero-order valence-electron chi connectivity index (χ0n) is 39.0. The van der Waals surface area contributed by atoms with Gasteiger partial charge in [0.1, 0.15) is 60.7 Å². The Balaban J connectivity index is 1.11. The summed E-state index contributed by atoms with van der Waals surface area (Å²) in [6.45, 7) is 1.41. The molecule has 0 aromatic heterocycles. The van der Waals surface area contributed by atoms with Crippen LogP contribution in [0.1, 0.15) is 52.5 Å². The monoisotopic (exact) mass is 1050 g/mol. The summed E-state index contributed by atoms with van der Waals surface area (Å²) in [4.78, 5) is 66.4. The third-order valence-corrected chi connectivity index (χ3v) is 16.9. The van der Waals surface area contributed by atoms with Gasteiger partial charge in [0, 0.05) is 12.3 Å². The molecule has 0 bridgehead atoms. The lowest BCUT2D eigenvalue weighted by molar-refractivity contribution is -0.281. The van der Waals surface area contributed by atoms with Gasteiger partial charge in [0.05, 0.1) is 55.3 Å². The summed E-state index contributed by atoms with van der Waals surface area (Å²) in [7, 11) is -1.66. The first-order chi connectivity index (χ1) is 34.3. The summed E-state index contributed by atoms with van der Waals surface area (Å²) < 4.78 is 64.6. The second kappa shape index (κ2) is 19.3. The van der Waals surface area contributed by atoms with Gasteiger partial charge in [0.2, 0.25) is 5.91 Å². The highest BCUT2D eigenvalue weighted by Gasteiger charge is 2.61. The lowest BCUT2D eigenvalue weighted by Crippen LogP contribution is -2.62. The molecule has 2 aromatic carbocycles. The molecule has 2 aromatic rings. The number of rotatable bonds is 13. The molecule has 0 radical (unpaired) electrons. The Morgan fingerprint density at radius 3 is 2.51 bits per heavy atom. The number of aliphatic hydroxyl groups is 6. The maximum Gasteiger partial charge on any atom is 0.508 e. The minimum Gasteiger partial charge on any atom is -0.497 e. The molecule has 9 N–H and O–H groups in total. The average molecular weight is 1050 g/mol. The predicted molar refractivity (Wildman–Crippen MR) is 244 cm³/mol. The fourth-order valence-electron chi connectivity index (χ4n) is 11.0. The number of nitrogens with zero attached hydrogens (tertiary/aromatic N) is 1. The van der Waals surface area contributed by atoms with Crippen molar-refractivity contribution in [3.8, 4) is 5.75 Å². The zero-order valence-corrected chi connectivity index (χ0v) is 40.7. The Morgan fingerprint density at radius 1 is 1.06 bits per heavy atom. The van der Waals surface area contributed by atoms with Gasteiger partial charge in [-0.25, -0.2) is 18.9 Å². The average Bonchev–Trinajstić information content (AvgIpc) is 4.14. The molecule has 5 aliphatic heterocycles. The van der Waals surface area contributed by atoms with Crippen molar-refractivity contribution < 1.29 is 101 Å². The number of cyclic esters (lactones) is 2. The first-order valence-electron chi connectivity index (χ1n) is 23.2. The van der Waals surface area contributed by atoms with Gasteiger partial charge in [-0.1, -0.05) is 12.1 Å². The maximum absolute atomic E-state index is 14.9. The van der Waals surface area contributed by atoms with Crippen molar-refractivity contribution in [1.29, 1.82) is 0 Å². The molecular weight excluding hydrogens is 994 g/mol. The Labute approximate surface area is 414 Å². The Kier molecular flexibility index (Phi) is 13.7. The maximum atomic E-state index is 14.9. The highest BCUT2D eigenvalue weighted by atomic mass is 32.2. The predicted octanol–water partition coefficient (Wildman–Crippen LogP) is -1.91. The minimum absolute atomic E-state index is 0.0722. The van der Waals surface area contributed by atoms with Crippen molar-refractivity contribution in [2.75, 3.05) is 46.3 Å². The molecule has 26 heteroatoms. The Hall–Kier alpha value is -4.54. The summed E-state index contributed by atoms with van der Waals surface area (Å²) in [5.41, 5.74) is -0.518. The molecule has 72 heavy (non-hydrogen) atoms. The summed E-state index contributed by atoms with van der Waals surface area (Å²) in [6.07, 6.45) is -13.7. The van der Waals surface area contributed by atoms with Crippen LogP contribution in [0, 0.1) is 12.8 Å². The van der Waals surface area contributed by atoms with Crippen LogP contribution in [0.15, 0.2) is 30.3 Å². The SMILES string of the molecule is CN[C@H]1[C@@H](O[C@@H]2c3cc4c(cc3[C@H](SCCO)[C@H]2OC(=O)C2=c3cc(OC)cc(C)c3=CCC2O)[C@@](O)(C2COC(=O)O2)C=C4C2CN([C@@H]3O[C@H](CO)[C@H]4OP(=O)(O)O[C@H]43)C(=O)NC2=O)O[C@H](C)[C@H](O)[C@@H]1O. The molecule has 17 atom stereocenters. The number of methoxy groups -OCH3 is 1. The molecule has 5 saturated heterocycles. The molecule has 3 aliphatic carbocycles. The molecule has 10 rings (SSSR count). The third-order valence-electron chi connectivity index (χ3n) is 14.5. The number of likely N-dealkylation sites (N-methyl/N-ethyl adjacent to an activating group) is 1. The smallest absolute Gasteiger partial charge is 0.497 e. The lowest BCUT2D eigenvalue weighted by atomic mass is 9.87. The lowest BCUT2D eigenvalue weighted by Gasteiger charge is -2.43. The number of thioether (sulfide) groups is 1. The first kappa shape index (κ1) is 51.0. The van der Waals surface area contributed by atoms with Crippen LogP contribution < -0.4 is 25.8 Å². The number of carbonyl (C=O) groups is 4. The van der Waals surface area contributed by atoms with Crippen molar-refractivity contribution in [1.82, 2.24) is 15.5 Å². The van der Waals surface area contributed by atoms with E-state index in [2.05, 4.69) is 10.6 Å². The van der Waals surface area contributed by atoms with Crippen molar-refractivity contribution in [3.05, 3.63) is 68.6 Å². The molecule has 5 heterocycles. The molecule has 4 unspecified atom stereocenters. The number of aliphatic hydroxyl groups excluding tert-OH is 5. The van der Waals surface area contributed by atoms with E-state index in [0.717, 1.165) is 22.2 Å². The van der Waals surface area contributed by atoms with Gasteiger partial charge < -0.3 is 74.0 Å². The van der Waals surface area contributed by atoms with E-state index in [4.69, 9.17) is 42.2 Å². The van der Waals surface area contributed by atoms with Crippen LogP contribution in [-0.2, 0) is 57.2 Å². The molecule has 5 fully saturated rings. The van der Waals surface area contributed by atoms with E-state index in [1.165, 1.54) is 27.2 Å². The van der Waals surface area contributed by atoms with Gasteiger partial charge in [0.15, 0.2) is 18.6 Å².